The summed E-state index contributed by atoms with van der Waals surface area (Å²) in [6.07, 6.45) is 0.658. The van der Waals surface area contributed by atoms with Crippen molar-refractivity contribution >= 4 is 15.9 Å². The monoisotopic (exact) mass is 513 g/mol. The number of ether oxygens (including phenoxy) is 1. The zero-order chi connectivity index (χ0) is 25.5. The summed E-state index contributed by atoms with van der Waals surface area (Å²) in [7, 11) is -0.233. The van der Waals surface area contributed by atoms with E-state index < -0.39 is 10.0 Å². The molecule has 0 aliphatic carbocycles. The minimum atomic E-state index is -3.56. The highest BCUT2D eigenvalue weighted by atomic mass is 32.2. The number of nitrogens with zero attached hydrogens (tertiary/aromatic N) is 5. The molecule has 0 unspecified atom stereocenters. The van der Waals surface area contributed by atoms with E-state index in [2.05, 4.69) is 15.0 Å². The molecule has 4 rings (SSSR count). The van der Waals surface area contributed by atoms with E-state index >= 15 is 0 Å². The number of methoxy groups -OCH3 is 1. The SMILES string of the molecule is COc1ccc(S(=O)(=O)N2CCN(Cc3noc(CCC(=O)N(C)Cc4ccccc4)n3)CC2)cc1. The van der Waals surface area contributed by atoms with Crippen LogP contribution in [0.2, 0.25) is 0 Å². The van der Waals surface area contributed by atoms with Gasteiger partial charge in [0, 0.05) is 52.6 Å². The molecule has 11 heteroatoms. The average molecular weight is 514 g/mol. The third-order valence-electron chi connectivity index (χ3n) is 6.14. The molecular formula is C25H31N5O5S. The van der Waals surface area contributed by atoms with Crippen LogP contribution in [-0.2, 0) is 34.3 Å². The molecule has 0 bridgehead atoms. The third kappa shape index (κ3) is 6.48. The van der Waals surface area contributed by atoms with Crippen molar-refractivity contribution in [3.8, 4) is 5.75 Å². The van der Waals surface area contributed by atoms with Gasteiger partial charge in [-0.15, -0.1) is 0 Å². The molecule has 0 spiro atoms. The maximum absolute atomic E-state index is 12.9. The molecule has 2 heterocycles. The normalized spacial score (nSPS) is 15.1. The summed E-state index contributed by atoms with van der Waals surface area (Å²) in [6, 6.07) is 16.2. The Hall–Kier alpha value is -3.28. The van der Waals surface area contributed by atoms with Gasteiger partial charge in [0.2, 0.25) is 21.8 Å². The van der Waals surface area contributed by atoms with Gasteiger partial charge < -0.3 is 14.2 Å². The fourth-order valence-electron chi connectivity index (χ4n) is 4.03. The molecule has 0 atom stereocenters. The van der Waals surface area contributed by atoms with Crippen LogP contribution >= 0.6 is 0 Å². The second kappa shape index (κ2) is 11.6. The van der Waals surface area contributed by atoms with Crippen molar-refractivity contribution in [3.05, 3.63) is 71.9 Å². The van der Waals surface area contributed by atoms with Crippen molar-refractivity contribution in [2.75, 3.05) is 40.3 Å². The molecule has 0 N–H and O–H groups in total. The smallest absolute Gasteiger partial charge is 0.243 e. The summed E-state index contributed by atoms with van der Waals surface area (Å²) < 4.78 is 37.8. The molecule has 36 heavy (non-hydrogen) atoms. The minimum absolute atomic E-state index is 0.00722. The van der Waals surface area contributed by atoms with E-state index in [4.69, 9.17) is 9.26 Å². The van der Waals surface area contributed by atoms with E-state index in [1.165, 1.54) is 4.31 Å². The van der Waals surface area contributed by atoms with E-state index in [9.17, 15) is 13.2 Å². The number of sulfonamides is 1. The van der Waals surface area contributed by atoms with Gasteiger partial charge in [-0.1, -0.05) is 35.5 Å². The van der Waals surface area contributed by atoms with Gasteiger partial charge in [0.25, 0.3) is 0 Å². The van der Waals surface area contributed by atoms with E-state index in [1.54, 1.807) is 43.3 Å². The Morgan fingerprint density at radius 2 is 1.75 bits per heavy atom. The number of carbonyl (C=O) groups excluding carboxylic acids is 1. The van der Waals surface area contributed by atoms with Gasteiger partial charge in [-0.05, 0) is 29.8 Å². The lowest BCUT2D eigenvalue weighted by molar-refractivity contribution is -0.130. The van der Waals surface area contributed by atoms with E-state index in [1.807, 2.05) is 30.3 Å². The van der Waals surface area contributed by atoms with Gasteiger partial charge in [-0.3, -0.25) is 9.69 Å². The van der Waals surface area contributed by atoms with Crippen LogP contribution in [0.15, 0.2) is 64.0 Å². The average Bonchev–Trinajstić information content (AvgIpc) is 3.35. The fraction of sp³-hybridized carbons (Fsp3) is 0.400. The second-order valence-electron chi connectivity index (χ2n) is 8.70. The van der Waals surface area contributed by atoms with Crippen molar-refractivity contribution in [2.45, 2.75) is 30.8 Å². The van der Waals surface area contributed by atoms with Gasteiger partial charge in [0.15, 0.2) is 5.82 Å². The number of hydrogen-bond acceptors (Lipinski definition) is 8. The Bertz CT molecular complexity index is 1240. The zero-order valence-corrected chi connectivity index (χ0v) is 21.4. The quantitative estimate of drug-likeness (QED) is 0.406. The number of piperazine rings is 1. The van der Waals surface area contributed by atoms with Crippen LogP contribution in [0.25, 0.3) is 0 Å². The molecule has 1 aromatic heterocycles. The maximum Gasteiger partial charge on any atom is 0.243 e. The topological polar surface area (TPSA) is 109 Å². The zero-order valence-electron chi connectivity index (χ0n) is 20.5. The molecule has 1 aliphatic heterocycles. The Kier molecular flexibility index (Phi) is 8.34. The fourth-order valence-corrected chi connectivity index (χ4v) is 5.45. The van der Waals surface area contributed by atoms with Crippen LogP contribution in [-0.4, -0.2) is 78.9 Å². The molecule has 3 aromatic rings. The molecule has 0 radical (unpaired) electrons. The van der Waals surface area contributed by atoms with Crippen molar-refractivity contribution in [2.24, 2.45) is 0 Å². The van der Waals surface area contributed by atoms with E-state index in [-0.39, 0.29) is 17.2 Å². The molecule has 0 saturated carbocycles. The summed E-state index contributed by atoms with van der Waals surface area (Å²) in [5, 5.41) is 4.04. The largest absolute Gasteiger partial charge is 0.497 e. The van der Waals surface area contributed by atoms with Crippen molar-refractivity contribution < 1.29 is 22.5 Å². The van der Waals surface area contributed by atoms with E-state index in [0.717, 1.165) is 5.56 Å². The Morgan fingerprint density at radius 1 is 1.06 bits per heavy atom. The Labute approximate surface area is 211 Å². The van der Waals surface area contributed by atoms with Gasteiger partial charge in [-0.25, -0.2) is 8.42 Å². The maximum atomic E-state index is 12.9. The van der Waals surface area contributed by atoms with Crippen LogP contribution in [0.1, 0.15) is 23.7 Å². The summed E-state index contributed by atoms with van der Waals surface area (Å²) >= 11 is 0. The van der Waals surface area contributed by atoms with Crippen LogP contribution in [0, 0.1) is 0 Å². The lowest BCUT2D eigenvalue weighted by atomic mass is 10.2. The van der Waals surface area contributed by atoms with Crippen LogP contribution in [0.4, 0.5) is 0 Å². The highest BCUT2D eigenvalue weighted by Gasteiger charge is 2.29. The Balaban J connectivity index is 1.23. The number of rotatable bonds is 10. The predicted octanol–water partition coefficient (Wildman–Crippen LogP) is 2.18. The first-order chi connectivity index (χ1) is 17.3. The third-order valence-corrected chi connectivity index (χ3v) is 8.06. The van der Waals surface area contributed by atoms with E-state index in [0.29, 0.717) is 63.2 Å². The number of aromatic nitrogens is 2. The Morgan fingerprint density at radius 3 is 2.42 bits per heavy atom. The van der Waals surface area contributed by atoms with Gasteiger partial charge in [-0.2, -0.15) is 9.29 Å². The first-order valence-electron chi connectivity index (χ1n) is 11.8. The number of aryl methyl sites for hydroxylation is 1. The molecule has 1 amide bonds. The van der Waals surface area contributed by atoms with Gasteiger partial charge in [0.05, 0.1) is 18.6 Å². The lowest BCUT2D eigenvalue weighted by Crippen LogP contribution is -2.48. The minimum Gasteiger partial charge on any atom is -0.497 e. The number of amides is 1. The summed E-state index contributed by atoms with van der Waals surface area (Å²) in [4.78, 5) is 20.9. The highest BCUT2D eigenvalue weighted by molar-refractivity contribution is 7.89. The van der Waals surface area contributed by atoms with Gasteiger partial charge in [0.1, 0.15) is 5.75 Å². The first kappa shape index (κ1) is 25.8. The second-order valence-corrected chi connectivity index (χ2v) is 10.6. The molecular weight excluding hydrogens is 482 g/mol. The molecule has 1 saturated heterocycles. The van der Waals surface area contributed by atoms with Crippen LogP contribution in [0.5, 0.6) is 5.75 Å². The van der Waals surface area contributed by atoms with Crippen molar-refractivity contribution in [1.29, 1.82) is 0 Å². The predicted molar refractivity (Wildman–Crippen MR) is 133 cm³/mol. The molecule has 10 nitrogen and oxygen atoms in total. The summed E-state index contributed by atoms with van der Waals surface area (Å²) in [6.45, 7) is 2.88. The van der Waals surface area contributed by atoms with Crippen LogP contribution in [0.3, 0.4) is 0 Å². The lowest BCUT2D eigenvalue weighted by Gasteiger charge is -2.33. The summed E-state index contributed by atoms with van der Waals surface area (Å²) in [5.74, 6) is 1.57. The first-order valence-corrected chi connectivity index (χ1v) is 13.2. The van der Waals surface area contributed by atoms with Gasteiger partial charge >= 0.3 is 0 Å². The van der Waals surface area contributed by atoms with Crippen LogP contribution < -0.4 is 4.74 Å². The standard InChI is InChI=1S/C25H31N5O5S/c1-28(18-20-6-4-3-5-7-20)25(31)13-12-24-26-23(27-35-24)19-29-14-16-30(17-15-29)36(32,33)22-10-8-21(34-2)9-11-22/h3-11H,12-19H2,1-2H3. The highest BCUT2D eigenvalue weighted by Crippen LogP contribution is 2.21. The summed E-state index contributed by atoms with van der Waals surface area (Å²) in [5.41, 5.74) is 1.07. The molecule has 192 valence electrons. The molecule has 1 fully saturated rings. The van der Waals surface area contributed by atoms with Crippen molar-refractivity contribution in [1.82, 2.24) is 24.2 Å². The molecule has 2 aromatic carbocycles. The number of benzene rings is 2. The molecule has 1 aliphatic rings. The van der Waals surface area contributed by atoms with Crippen molar-refractivity contribution in [3.63, 3.8) is 0 Å². The number of carbonyl (C=O) groups is 1. The number of hydrogen-bond donors (Lipinski definition) is 0.